The summed E-state index contributed by atoms with van der Waals surface area (Å²) < 4.78 is 0. The predicted molar refractivity (Wildman–Crippen MR) is 98.2 cm³/mol. The molecule has 1 unspecified atom stereocenters. The highest BCUT2D eigenvalue weighted by molar-refractivity contribution is 7.09. The first-order valence-corrected chi connectivity index (χ1v) is 8.82. The van der Waals surface area contributed by atoms with Crippen molar-refractivity contribution in [2.75, 3.05) is 19.6 Å². The van der Waals surface area contributed by atoms with Crippen molar-refractivity contribution in [2.24, 2.45) is 5.92 Å². The molecule has 0 bridgehead atoms. The molecule has 2 aromatic rings. The lowest BCUT2D eigenvalue weighted by Gasteiger charge is -2.25. The lowest BCUT2D eigenvalue weighted by molar-refractivity contribution is 0.221. The Morgan fingerprint density at radius 3 is 2.87 bits per heavy atom. The van der Waals surface area contributed by atoms with E-state index in [1.165, 1.54) is 28.1 Å². The Kier molecular flexibility index (Phi) is 6.96. The fourth-order valence-corrected chi connectivity index (χ4v) is 3.82. The van der Waals surface area contributed by atoms with E-state index in [0.29, 0.717) is 0 Å². The number of hydrogen-bond acceptors (Lipinski definition) is 5. The van der Waals surface area contributed by atoms with Gasteiger partial charge in [0.25, 0.3) is 0 Å². The SMILES string of the molecule is Cc1ccncc1CN(Cc1scnc1C)CC1CCNC1.Cl. The minimum absolute atomic E-state index is 0. The zero-order valence-corrected chi connectivity index (χ0v) is 15.4. The van der Waals surface area contributed by atoms with Crippen molar-refractivity contribution in [2.45, 2.75) is 33.4 Å². The molecule has 0 aromatic carbocycles. The first kappa shape index (κ1) is 18.3. The van der Waals surface area contributed by atoms with Crippen LogP contribution < -0.4 is 5.32 Å². The van der Waals surface area contributed by atoms with E-state index in [1.807, 2.05) is 17.9 Å². The van der Waals surface area contributed by atoms with E-state index in [-0.39, 0.29) is 12.4 Å². The number of hydrogen-bond donors (Lipinski definition) is 1. The van der Waals surface area contributed by atoms with Crippen LogP contribution in [0, 0.1) is 19.8 Å². The van der Waals surface area contributed by atoms with Gasteiger partial charge in [0, 0.05) is 36.9 Å². The quantitative estimate of drug-likeness (QED) is 0.866. The van der Waals surface area contributed by atoms with Crippen LogP contribution in [0.1, 0.15) is 28.1 Å². The van der Waals surface area contributed by atoms with Crippen LogP contribution in [0.2, 0.25) is 0 Å². The summed E-state index contributed by atoms with van der Waals surface area (Å²) in [6.45, 7) is 9.67. The van der Waals surface area contributed by atoms with Gasteiger partial charge in [-0.1, -0.05) is 0 Å². The first-order chi connectivity index (χ1) is 10.7. The molecular weight excluding hydrogens is 328 g/mol. The van der Waals surface area contributed by atoms with Gasteiger partial charge in [0.2, 0.25) is 0 Å². The van der Waals surface area contributed by atoms with Gasteiger partial charge in [-0.05, 0) is 56.5 Å². The molecule has 1 aliphatic rings. The van der Waals surface area contributed by atoms with Crippen molar-refractivity contribution in [3.63, 3.8) is 0 Å². The number of aryl methyl sites for hydroxylation is 2. The van der Waals surface area contributed by atoms with E-state index in [0.717, 1.165) is 38.6 Å². The number of rotatable bonds is 6. The lowest BCUT2D eigenvalue weighted by Crippen LogP contribution is -2.30. The van der Waals surface area contributed by atoms with Crippen LogP contribution in [0.3, 0.4) is 0 Å². The standard InChI is InChI=1S/C17H24N4S.ClH/c1-13-3-5-19-8-16(13)10-21(9-15-4-6-18-7-15)11-17-14(2)20-12-22-17;/h3,5,8,12,15,18H,4,6-7,9-11H2,1-2H3;1H. The molecule has 3 heterocycles. The molecule has 1 fully saturated rings. The third-order valence-corrected chi connectivity index (χ3v) is 5.35. The first-order valence-electron chi connectivity index (χ1n) is 7.94. The molecule has 6 heteroatoms. The summed E-state index contributed by atoms with van der Waals surface area (Å²) in [4.78, 5) is 12.6. The van der Waals surface area contributed by atoms with E-state index < -0.39 is 0 Å². The summed E-state index contributed by atoms with van der Waals surface area (Å²) >= 11 is 1.77. The zero-order valence-electron chi connectivity index (χ0n) is 13.8. The Hall–Kier alpha value is -1.01. The Bertz CT molecular complexity index is 610. The Morgan fingerprint density at radius 1 is 1.35 bits per heavy atom. The smallest absolute Gasteiger partial charge is 0.0798 e. The maximum absolute atomic E-state index is 4.39. The van der Waals surface area contributed by atoms with Crippen LogP contribution in [0.15, 0.2) is 24.0 Å². The minimum Gasteiger partial charge on any atom is -0.316 e. The van der Waals surface area contributed by atoms with Crippen LogP contribution in [0.4, 0.5) is 0 Å². The molecular formula is C17H25ClN4S. The van der Waals surface area contributed by atoms with Crippen molar-refractivity contribution in [3.05, 3.63) is 45.7 Å². The number of aromatic nitrogens is 2. The van der Waals surface area contributed by atoms with Gasteiger partial charge in [-0.3, -0.25) is 9.88 Å². The molecule has 0 amide bonds. The van der Waals surface area contributed by atoms with E-state index in [2.05, 4.69) is 40.1 Å². The van der Waals surface area contributed by atoms with Crippen LogP contribution in [0.5, 0.6) is 0 Å². The molecule has 126 valence electrons. The molecule has 3 rings (SSSR count). The number of pyridine rings is 1. The summed E-state index contributed by atoms with van der Waals surface area (Å²) in [5.74, 6) is 0.755. The summed E-state index contributed by atoms with van der Waals surface area (Å²) in [5, 5.41) is 3.47. The fourth-order valence-electron chi connectivity index (χ4n) is 3.00. The summed E-state index contributed by atoms with van der Waals surface area (Å²) in [6.07, 6.45) is 5.16. The van der Waals surface area contributed by atoms with Crippen molar-refractivity contribution >= 4 is 23.7 Å². The zero-order chi connectivity index (χ0) is 15.4. The van der Waals surface area contributed by atoms with Crippen LogP contribution >= 0.6 is 23.7 Å². The van der Waals surface area contributed by atoms with Crippen molar-refractivity contribution in [3.8, 4) is 0 Å². The average molecular weight is 353 g/mol. The lowest BCUT2D eigenvalue weighted by atomic mass is 10.1. The van der Waals surface area contributed by atoms with Crippen LogP contribution in [0.25, 0.3) is 0 Å². The summed E-state index contributed by atoms with van der Waals surface area (Å²) in [5.41, 5.74) is 5.78. The topological polar surface area (TPSA) is 41.1 Å². The Morgan fingerprint density at radius 2 is 2.22 bits per heavy atom. The second kappa shape index (κ2) is 8.73. The fraction of sp³-hybridized carbons (Fsp3) is 0.529. The minimum atomic E-state index is 0. The maximum Gasteiger partial charge on any atom is 0.0798 e. The van der Waals surface area contributed by atoms with E-state index in [1.54, 1.807) is 11.3 Å². The maximum atomic E-state index is 4.39. The number of halogens is 1. The van der Waals surface area contributed by atoms with Crippen molar-refractivity contribution in [1.82, 2.24) is 20.2 Å². The van der Waals surface area contributed by atoms with Gasteiger partial charge in [0.05, 0.1) is 11.2 Å². The molecule has 0 radical (unpaired) electrons. The normalized spacial score (nSPS) is 17.4. The van der Waals surface area contributed by atoms with Gasteiger partial charge in [-0.15, -0.1) is 23.7 Å². The second-order valence-corrected chi connectivity index (χ2v) is 7.13. The monoisotopic (exact) mass is 352 g/mol. The molecule has 2 aromatic heterocycles. The summed E-state index contributed by atoms with van der Waals surface area (Å²) in [6, 6.07) is 2.10. The van der Waals surface area contributed by atoms with Crippen LogP contribution in [-0.4, -0.2) is 34.5 Å². The number of nitrogens with one attached hydrogen (secondary N) is 1. The van der Waals surface area contributed by atoms with Gasteiger partial charge in [-0.2, -0.15) is 0 Å². The molecule has 1 atom stereocenters. The van der Waals surface area contributed by atoms with Gasteiger partial charge in [-0.25, -0.2) is 4.98 Å². The highest BCUT2D eigenvalue weighted by Gasteiger charge is 2.20. The van der Waals surface area contributed by atoms with Gasteiger partial charge in [0.15, 0.2) is 0 Å². The van der Waals surface area contributed by atoms with Gasteiger partial charge in [0.1, 0.15) is 0 Å². The van der Waals surface area contributed by atoms with E-state index in [9.17, 15) is 0 Å². The largest absolute Gasteiger partial charge is 0.316 e. The molecule has 4 nitrogen and oxygen atoms in total. The van der Waals surface area contributed by atoms with Gasteiger partial charge < -0.3 is 5.32 Å². The van der Waals surface area contributed by atoms with Gasteiger partial charge >= 0.3 is 0 Å². The highest BCUT2D eigenvalue weighted by atomic mass is 35.5. The average Bonchev–Trinajstić information content (AvgIpc) is 3.14. The van der Waals surface area contributed by atoms with Crippen molar-refractivity contribution in [1.29, 1.82) is 0 Å². The Balaban J connectivity index is 0.00000192. The van der Waals surface area contributed by atoms with Crippen LogP contribution in [-0.2, 0) is 13.1 Å². The predicted octanol–water partition coefficient (Wildman–Crippen LogP) is 3.19. The molecule has 0 saturated carbocycles. The van der Waals surface area contributed by atoms with E-state index >= 15 is 0 Å². The third kappa shape index (κ3) is 4.98. The molecule has 1 saturated heterocycles. The Labute approximate surface area is 148 Å². The number of nitrogens with zero attached hydrogens (tertiary/aromatic N) is 3. The molecule has 0 aliphatic carbocycles. The molecule has 0 spiro atoms. The molecule has 1 aliphatic heterocycles. The van der Waals surface area contributed by atoms with Crippen molar-refractivity contribution < 1.29 is 0 Å². The molecule has 1 N–H and O–H groups in total. The highest BCUT2D eigenvalue weighted by Crippen LogP contribution is 2.20. The summed E-state index contributed by atoms with van der Waals surface area (Å²) in [7, 11) is 0. The second-order valence-electron chi connectivity index (χ2n) is 6.19. The number of thiazole rings is 1. The van der Waals surface area contributed by atoms with E-state index in [4.69, 9.17) is 0 Å². The third-order valence-electron chi connectivity index (χ3n) is 4.43. The molecule has 23 heavy (non-hydrogen) atoms.